The molecule has 0 fully saturated rings. The molecule has 0 saturated heterocycles. The van der Waals surface area contributed by atoms with Gasteiger partial charge in [-0.3, -0.25) is 9.34 Å². The Balaban J connectivity index is 4.93. The molecule has 0 saturated carbocycles. The zero-order valence-corrected chi connectivity index (χ0v) is 11.6. The maximum atomic E-state index is 5.79. The lowest BCUT2D eigenvalue weighted by Crippen LogP contribution is -2.30. The molecule has 0 radical (unpaired) electrons. The number of rotatable bonds is 7. The van der Waals surface area contributed by atoms with Crippen molar-refractivity contribution in [3.8, 4) is 0 Å². The fourth-order valence-electron chi connectivity index (χ4n) is 1.67. The van der Waals surface area contributed by atoms with Gasteiger partial charge in [0.05, 0.1) is 6.34 Å². The van der Waals surface area contributed by atoms with Crippen LogP contribution in [0.25, 0.3) is 0 Å². The van der Waals surface area contributed by atoms with Gasteiger partial charge in [0.25, 0.3) is 0 Å². The Hall–Kier alpha value is 0.310. The van der Waals surface area contributed by atoms with Crippen molar-refractivity contribution in [3.63, 3.8) is 0 Å². The highest BCUT2D eigenvalue weighted by Crippen LogP contribution is 2.53. The topological polar surface area (TPSA) is 6.48 Å². The third-order valence-corrected chi connectivity index (χ3v) is 7.57. The highest BCUT2D eigenvalue weighted by atomic mass is 32.4. The molecule has 0 unspecified atom stereocenters. The van der Waals surface area contributed by atoms with Gasteiger partial charge in [0.15, 0.2) is 0 Å². The second kappa shape index (κ2) is 6.73. The van der Waals surface area contributed by atoms with Crippen molar-refractivity contribution in [2.24, 2.45) is 0 Å². The molecular formula is C10H23N2PS. The Kier molecular flexibility index (Phi) is 6.88. The van der Waals surface area contributed by atoms with E-state index in [1.807, 2.05) is 5.82 Å². The number of hydrogen-bond acceptors (Lipinski definition) is 1. The molecule has 0 heterocycles. The van der Waals surface area contributed by atoms with E-state index >= 15 is 0 Å². The van der Waals surface area contributed by atoms with Crippen LogP contribution in [0.3, 0.4) is 0 Å². The van der Waals surface area contributed by atoms with Crippen LogP contribution in [0.4, 0.5) is 0 Å². The molecule has 0 bridgehead atoms. The van der Waals surface area contributed by atoms with Crippen molar-refractivity contribution < 1.29 is 0 Å². The summed E-state index contributed by atoms with van der Waals surface area (Å²) in [5, 5.41) is 0. The summed E-state index contributed by atoms with van der Waals surface area (Å²) < 4.78 is 4.73. The van der Waals surface area contributed by atoms with Crippen LogP contribution in [0.15, 0.2) is 12.4 Å². The summed E-state index contributed by atoms with van der Waals surface area (Å²) in [6.45, 7) is 16.6. The Labute approximate surface area is 94.1 Å². The molecular weight excluding hydrogens is 211 g/mol. The molecule has 0 rings (SSSR count). The zero-order valence-electron chi connectivity index (χ0n) is 9.86. The lowest BCUT2D eigenvalue weighted by molar-refractivity contribution is 0.427. The van der Waals surface area contributed by atoms with Gasteiger partial charge in [0, 0.05) is 26.2 Å². The van der Waals surface area contributed by atoms with Gasteiger partial charge in [-0.25, -0.2) is 0 Å². The van der Waals surface area contributed by atoms with E-state index < -0.39 is 6.34 Å². The first-order valence-electron chi connectivity index (χ1n) is 5.34. The van der Waals surface area contributed by atoms with Crippen molar-refractivity contribution in [2.75, 3.05) is 26.2 Å². The quantitative estimate of drug-likeness (QED) is 0.625. The van der Waals surface area contributed by atoms with E-state index in [1.54, 1.807) is 0 Å². The van der Waals surface area contributed by atoms with Crippen LogP contribution in [0, 0.1) is 0 Å². The third-order valence-electron chi connectivity index (χ3n) is 2.51. The second-order valence-corrected chi connectivity index (χ2v) is 7.34. The van der Waals surface area contributed by atoms with E-state index in [0.29, 0.717) is 0 Å². The predicted octanol–water partition coefficient (Wildman–Crippen LogP) is 3.12. The third kappa shape index (κ3) is 2.90. The minimum atomic E-state index is -1.66. The van der Waals surface area contributed by atoms with Gasteiger partial charge in [-0.1, -0.05) is 46.1 Å². The Morgan fingerprint density at radius 3 is 1.43 bits per heavy atom. The first kappa shape index (κ1) is 14.3. The smallest absolute Gasteiger partial charge is 0.0988 e. The average molecular weight is 234 g/mol. The molecule has 84 valence electrons. The van der Waals surface area contributed by atoms with Crippen LogP contribution in [-0.2, 0) is 11.8 Å². The lowest BCUT2D eigenvalue weighted by Gasteiger charge is -2.39. The molecule has 0 spiro atoms. The summed E-state index contributed by atoms with van der Waals surface area (Å²) >= 11 is 5.79. The normalized spacial score (nSPS) is 12.4. The van der Waals surface area contributed by atoms with E-state index in [0.717, 1.165) is 26.2 Å². The van der Waals surface area contributed by atoms with Crippen molar-refractivity contribution >= 4 is 18.1 Å². The molecule has 0 aromatic rings. The standard InChI is InChI=1S/C10H23N2PS/c1-6-11(7-2)13(14,10-5)12(8-3)9-4/h10H,5-9H2,1-4H3. The van der Waals surface area contributed by atoms with E-state index in [1.165, 1.54) is 0 Å². The van der Waals surface area contributed by atoms with E-state index in [-0.39, 0.29) is 0 Å². The minimum Gasteiger partial charge on any atom is -0.261 e. The summed E-state index contributed by atoms with van der Waals surface area (Å²) in [6, 6.07) is 0. The van der Waals surface area contributed by atoms with Gasteiger partial charge in [-0.15, -0.1) is 0 Å². The first-order chi connectivity index (χ1) is 6.60. The highest BCUT2D eigenvalue weighted by molar-refractivity contribution is 8.13. The van der Waals surface area contributed by atoms with E-state index in [4.69, 9.17) is 11.8 Å². The maximum Gasteiger partial charge on any atom is 0.0988 e. The van der Waals surface area contributed by atoms with Gasteiger partial charge in [-0.2, -0.15) is 0 Å². The Bertz CT molecular complexity index is 194. The first-order valence-corrected chi connectivity index (χ1v) is 8.12. The highest BCUT2D eigenvalue weighted by Gasteiger charge is 2.25. The van der Waals surface area contributed by atoms with Crippen LogP contribution >= 0.6 is 6.34 Å². The van der Waals surface area contributed by atoms with Gasteiger partial charge in [-0.05, 0) is 5.82 Å². The number of nitrogens with zero attached hydrogens (tertiary/aromatic N) is 2. The van der Waals surface area contributed by atoms with Crippen LogP contribution in [-0.4, -0.2) is 35.5 Å². The van der Waals surface area contributed by atoms with Crippen LogP contribution in [0.5, 0.6) is 0 Å². The molecule has 0 amide bonds. The van der Waals surface area contributed by atoms with Crippen molar-refractivity contribution in [2.45, 2.75) is 27.7 Å². The fraction of sp³-hybridized carbons (Fsp3) is 0.800. The van der Waals surface area contributed by atoms with Gasteiger partial charge in [0.1, 0.15) is 0 Å². The SMILES string of the molecule is C=CP(=S)(N(CC)CC)N(CC)CC. The van der Waals surface area contributed by atoms with E-state index in [9.17, 15) is 0 Å². The largest absolute Gasteiger partial charge is 0.261 e. The summed E-state index contributed by atoms with van der Waals surface area (Å²) in [4.78, 5) is 0. The van der Waals surface area contributed by atoms with Gasteiger partial charge in [0.2, 0.25) is 0 Å². The lowest BCUT2D eigenvalue weighted by atomic mass is 10.7. The molecule has 0 aromatic heterocycles. The monoisotopic (exact) mass is 234 g/mol. The molecule has 0 N–H and O–H groups in total. The minimum absolute atomic E-state index is 1.01. The van der Waals surface area contributed by atoms with Crippen LogP contribution in [0.1, 0.15) is 27.7 Å². The zero-order chi connectivity index (χ0) is 11.2. The summed E-state index contributed by atoms with van der Waals surface area (Å²) in [7, 11) is 0. The number of hydrogen-bond donors (Lipinski definition) is 0. The predicted molar refractivity (Wildman–Crippen MR) is 70.3 cm³/mol. The van der Waals surface area contributed by atoms with Gasteiger partial charge < -0.3 is 0 Å². The summed E-state index contributed by atoms with van der Waals surface area (Å²) in [6.07, 6.45) is -1.66. The van der Waals surface area contributed by atoms with Crippen LogP contribution in [0.2, 0.25) is 0 Å². The molecule has 14 heavy (non-hydrogen) atoms. The second-order valence-electron chi connectivity index (χ2n) is 3.05. The molecule has 2 nitrogen and oxygen atoms in total. The fourth-order valence-corrected chi connectivity index (χ4v) is 5.49. The van der Waals surface area contributed by atoms with Crippen LogP contribution < -0.4 is 0 Å². The van der Waals surface area contributed by atoms with Crippen molar-refractivity contribution in [3.05, 3.63) is 12.4 Å². The molecule has 0 atom stereocenters. The molecule has 0 aliphatic heterocycles. The van der Waals surface area contributed by atoms with Gasteiger partial charge >= 0.3 is 0 Å². The maximum absolute atomic E-state index is 5.79. The molecule has 0 aliphatic carbocycles. The molecule has 4 heteroatoms. The Morgan fingerprint density at radius 1 is 1.00 bits per heavy atom. The summed E-state index contributed by atoms with van der Waals surface area (Å²) in [5.74, 6) is 1.99. The van der Waals surface area contributed by atoms with E-state index in [2.05, 4.69) is 43.6 Å². The van der Waals surface area contributed by atoms with Crippen molar-refractivity contribution in [1.29, 1.82) is 0 Å². The molecule has 0 aromatic carbocycles. The Morgan fingerprint density at radius 2 is 1.29 bits per heavy atom. The summed E-state index contributed by atoms with van der Waals surface area (Å²) in [5.41, 5.74) is 0. The molecule has 0 aliphatic rings. The average Bonchev–Trinajstić information content (AvgIpc) is 2.21. The van der Waals surface area contributed by atoms with Crippen molar-refractivity contribution in [1.82, 2.24) is 9.34 Å².